The van der Waals surface area contributed by atoms with E-state index < -0.39 is 11.9 Å². The van der Waals surface area contributed by atoms with Crippen molar-refractivity contribution in [3.8, 4) is 11.5 Å². The van der Waals surface area contributed by atoms with Gasteiger partial charge in [-0.3, -0.25) is 4.79 Å². The molecule has 27 heavy (non-hydrogen) atoms. The van der Waals surface area contributed by atoms with Crippen LogP contribution in [0.1, 0.15) is 31.4 Å². The summed E-state index contributed by atoms with van der Waals surface area (Å²) in [4.78, 5) is 25.2. The number of carboxylic acids is 1. The largest absolute Gasteiger partial charge is 0.493 e. The molecule has 8 nitrogen and oxygen atoms in total. The summed E-state index contributed by atoms with van der Waals surface area (Å²) in [6.45, 7) is 3.57. The first-order valence-corrected chi connectivity index (χ1v) is 9.04. The van der Waals surface area contributed by atoms with Crippen LogP contribution < -0.4 is 14.8 Å². The fourth-order valence-corrected chi connectivity index (χ4v) is 3.03. The number of hydrogen-bond donors (Lipinski definition) is 2. The number of urea groups is 1. The molecule has 0 aromatic heterocycles. The van der Waals surface area contributed by atoms with E-state index >= 15 is 0 Å². The van der Waals surface area contributed by atoms with E-state index in [0.717, 1.165) is 5.56 Å². The lowest BCUT2D eigenvalue weighted by Crippen LogP contribution is -2.47. The number of nitrogens with one attached hydrogen (secondary N) is 1. The summed E-state index contributed by atoms with van der Waals surface area (Å²) in [5.41, 5.74) is 0.867. The summed E-state index contributed by atoms with van der Waals surface area (Å²) >= 11 is 0. The molecule has 0 aliphatic carbocycles. The molecule has 2 atom stereocenters. The van der Waals surface area contributed by atoms with Crippen molar-refractivity contribution in [1.82, 2.24) is 10.2 Å². The lowest BCUT2D eigenvalue weighted by molar-refractivity contribution is -0.143. The van der Waals surface area contributed by atoms with Crippen molar-refractivity contribution in [3.63, 3.8) is 0 Å². The molecule has 2 rings (SSSR count). The fraction of sp³-hybridized carbons (Fsp3) is 0.579. The Labute approximate surface area is 159 Å². The van der Waals surface area contributed by atoms with Crippen molar-refractivity contribution in [3.05, 3.63) is 23.8 Å². The Hall–Kier alpha value is -2.48. The van der Waals surface area contributed by atoms with E-state index in [9.17, 15) is 9.59 Å². The highest BCUT2D eigenvalue weighted by atomic mass is 16.5. The van der Waals surface area contributed by atoms with Crippen LogP contribution in [0.4, 0.5) is 4.79 Å². The molecule has 0 saturated carbocycles. The van der Waals surface area contributed by atoms with Crippen molar-refractivity contribution in [2.24, 2.45) is 5.92 Å². The molecule has 8 heteroatoms. The maximum atomic E-state index is 12.5. The van der Waals surface area contributed by atoms with Gasteiger partial charge in [-0.05, 0) is 37.5 Å². The third-order valence-corrected chi connectivity index (χ3v) is 4.63. The Bertz CT molecular complexity index is 651. The molecule has 1 fully saturated rings. The first-order valence-electron chi connectivity index (χ1n) is 9.04. The van der Waals surface area contributed by atoms with E-state index in [2.05, 4.69) is 5.32 Å². The minimum atomic E-state index is -0.852. The standard InChI is InChI=1S/C19H28N2O6/c1-13(20-19(24)21-8-4-5-15(12-21)18(22)23)14-6-7-16(17(11-14)26-3)27-10-9-25-2/h6-7,11,13,15H,4-5,8-10,12H2,1-3H3,(H,20,24)(H,22,23). The number of methoxy groups -OCH3 is 2. The van der Waals surface area contributed by atoms with Crippen molar-refractivity contribution >= 4 is 12.0 Å². The van der Waals surface area contributed by atoms with Crippen LogP contribution in [0.3, 0.4) is 0 Å². The van der Waals surface area contributed by atoms with Crippen LogP contribution in [-0.2, 0) is 9.53 Å². The lowest BCUT2D eigenvalue weighted by atomic mass is 9.98. The van der Waals surface area contributed by atoms with Crippen LogP contribution in [-0.4, -0.2) is 62.5 Å². The summed E-state index contributed by atoms with van der Waals surface area (Å²) in [6.07, 6.45) is 1.30. The number of rotatable bonds is 8. The number of aliphatic carboxylic acids is 1. The van der Waals surface area contributed by atoms with Crippen LogP contribution in [0.5, 0.6) is 11.5 Å². The van der Waals surface area contributed by atoms with Crippen molar-refractivity contribution in [2.75, 3.05) is 40.5 Å². The zero-order valence-electron chi connectivity index (χ0n) is 16.1. The van der Waals surface area contributed by atoms with Crippen LogP contribution in [0.25, 0.3) is 0 Å². The van der Waals surface area contributed by atoms with E-state index in [0.29, 0.717) is 44.1 Å². The summed E-state index contributed by atoms with van der Waals surface area (Å²) in [5.74, 6) is -0.163. The van der Waals surface area contributed by atoms with E-state index in [4.69, 9.17) is 19.3 Å². The number of carbonyl (C=O) groups is 2. The summed E-state index contributed by atoms with van der Waals surface area (Å²) in [6, 6.07) is 4.97. The second kappa shape index (κ2) is 10.0. The molecule has 0 spiro atoms. The van der Waals surface area contributed by atoms with Gasteiger partial charge in [-0.25, -0.2) is 4.79 Å². The minimum absolute atomic E-state index is 0.240. The molecule has 0 radical (unpaired) electrons. The van der Waals surface area contributed by atoms with Gasteiger partial charge in [-0.1, -0.05) is 6.07 Å². The maximum Gasteiger partial charge on any atom is 0.317 e. The van der Waals surface area contributed by atoms with Gasteiger partial charge in [0.1, 0.15) is 6.61 Å². The topological polar surface area (TPSA) is 97.3 Å². The molecule has 1 saturated heterocycles. The Morgan fingerprint density at radius 1 is 1.30 bits per heavy atom. The molecule has 1 aliphatic heterocycles. The fourth-order valence-electron chi connectivity index (χ4n) is 3.03. The molecule has 1 aliphatic rings. The molecule has 1 aromatic rings. The second-order valence-electron chi connectivity index (χ2n) is 6.55. The maximum absolute atomic E-state index is 12.5. The molecular formula is C19H28N2O6. The zero-order valence-corrected chi connectivity index (χ0v) is 16.1. The number of hydrogen-bond acceptors (Lipinski definition) is 5. The predicted molar refractivity (Wildman–Crippen MR) is 99.2 cm³/mol. The molecule has 2 unspecified atom stereocenters. The second-order valence-corrected chi connectivity index (χ2v) is 6.55. The van der Waals surface area contributed by atoms with Gasteiger partial charge in [0.15, 0.2) is 11.5 Å². The molecule has 150 valence electrons. The van der Waals surface area contributed by atoms with Gasteiger partial charge in [0.25, 0.3) is 0 Å². The van der Waals surface area contributed by atoms with Gasteiger partial charge in [0.2, 0.25) is 0 Å². The predicted octanol–water partition coefficient (Wildman–Crippen LogP) is 2.29. The number of benzene rings is 1. The summed E-state index contributed by atoms with van der Waals surface area (Å²) < 4.78 is 16.0. The number of likely N-dealkylation sites (tertiary alicyclic amines) is 1. The van der Waals surface area contributed by atoms with Crippen LogP contribution in [0.15, 0.2) is 18.2 Å². The first-order chi connectivity index (χ1) is 13.0. The van der Waals surface area contributed by atoms with Crippen molar-refractivity contribution in [2.45, 2.75) is 25.8 Å². The molecule has 1 aromatic carbocycles. The van der Waals surface area contributed by atoms with Gasteiger partial charge in [0, 0.05) is 20.2 Å². The number of amides is 2. The van der Waals surface area contributed by atoms with Gasteiger partial charge < -0.3 is 29.5 Å². The number of piperidine rings is 1. The quantitative estimate of drug-likeness (QED) is 0.672. The van der Waals surface area contributed by atoms with Crippen LogP contribution >= 0.6 is 0 Å². The highest BCUT2D eigenvalue weighted by Crippen LogP contribution is 2.30. The number of ether oxygens (including phenoxy) is 3. The third kappa shape index (κ3) is 5.75. The number of carboxylic acid groups (broad SMARTS) is 1. The van der Waals surface area contributed by atoms with E-state index in [-0.39, 0.29) is 18.6 Å². The number of carbonyl (C=O) groups excluding carboxylic acids is 1. The van der Waals surface area contributed by atoms with Crippen molar-refractivity contribution < 1.29 is 28.9 Å². The average molecular weight is 380 g/mol. The van der Waals surface area contributed by atoms with Crippen molar-refractivity contribution in [1.29, 1.82) is 0 Å². The highest BCUT2D eigenvalue weighted by Gasteiger charge is 2.28. The molecular weight excluding hydrogens is 352 g/mol. The highest BCUT2D eigenvalue weighted by molar-refractivity contribution is 5.77. The lowest BCUT2D eigenvalue weighted by Gasteiger charge is -2.31. The van der Waals surface area contributed by atoms with Gasteiger partial charge in [-0.15, -0.1) is 0 Å². The third-order valence-electron chi connectivity index (χ3n) is 4.63. The summed E-state index contributed by atoms with van der Waals surface area (Å²) in [5, 5.41) is 12.1. The van der Waals surface area contributed by atoms with E-state index in [1.165, 1.54) is 0 Å². The molecule has 2 amide bonds. The molecule has 1 heterocycles. The number of nitrogens with zero attached hydrogens (tertiary/aromatic N) is 1. The van der Waals surface area contributed by atoms with Crippen LogP contribution in [0.2, 0.25) is 0 Å². The Morgan fingerprint density at radius 2 is 2.07 bits per heavy atom. The van der Waals surface area contributed by atoms with Crippen LogP contribution in [0, 0.1) is 5.92 Å². The molecule has 2 N–H and O–H groups in total. The Kier molecular flexibility index (Phi) is 7.72. The molecule has 0 bridgehead atoms. The van der Waals surface area contributed by atoms with Gasteiger partial charge >= 0.3 is 12.0 Å². The normalized spacial score (nSPS) is 17.9. The Morgan fingerprint density at radius 3 is 2.74 bits per heavy atom. The average Bonchev–Trinajstić information content (AvgIpc) is 2.68. The van der Waals surface area contributed by atoms with Gasteiger partial charge in [0.05, 0.1) is 25.7 Å². The summed E-state index contributed by atoms with van der Waals surface area (Å²) in [7, 11) is 3.17. The monoisotopic (exact) mass is 380 g/mol. The zero-order chi connectivity index (χ0) is 19.8. The first kappa shape index (κ1) is 20.8. The van der Waals surface area contributed by atoms with Gasteiger partial charge in [-0.2, -0.15) is 0 Å². The van der Waals surface area contributed by atoms with E-state index in [1.807, 2.05) is 19.1 Å². The minimum Gasteiger partial charge on any atom is -0.493 e. The van der Waals surface area contributed by atoms with E-state index in [1.54, 1.807) is 25.2 Å². The Balaban J connectivity index is 1.99. The smallest absolute Gasteiger partial charge is 0.317 e. The SMILES string of the molecule is COCCOc1ccc(C(C)NC(=O)N2CCCC(C(=O)O)C2)cc1OC.